The van der Waals surface area contributed by atoms with Gasteiger partial charge in [0.25, 0.3) is 0 Å². The summed E-state index contributed by atoms with van der Waals surface area (Å²) in [6, 6.07) is 0. The van der Waals surface area contributed by atoms with Gasteiger partial charge in [-0.15, -0.1) is 0 Å². The average molecular weight is 197 g/mol. The maximum absolute atomic E-state index is 8.74. The molecule has 0 saturated heterocycles. The van der Waals surface area contributed by atoms with Crippen LogP contribution in [0.4, 0.5) is 0 Å². The normalized spacial score (nSPS) is 7.25. The van der Waals surface area contributed by atoms with Gasteiger partial charge in [0.1, 0.15) is 0 Å². The van der Waals surface area contributed by atoms with E-state index >= 15 is 0 Å². The standard InChI is InChI=1S/ClH.K.Na.H2O4S.H/c;;;1-5(2,3)4;/h1H;;;(H2,1,2,3,4);/q;2*+1;;-1/p-1. The first-order valence-electron chi connectivity index (χ1n) is 0.698. The maximum Gasteiger partial charge on any atom is 1.00 e. The van der Waals surface area contributed by atoms with Crippen molar-refractivity contribution in [2.24, 2.45) is 0 Å². The van der Waals surface area contributed by atoms with E-state index in [1.165, 1.54) is 0 Å². The van der Waals surface area contributed by atoms with Gasteiger partial charge in [-0.25, -0.2) is 0 Å². The molecule has 0 aliphatic rings. The summed E-state index contributed by atoms with van der Waals surface area (Å²) in [7, 11) is -4.67. The molecule has 0 aromatic rings. The molecule has 0 heterocycles. The number of rotatable bonds is 0. The molecular weight excluding hydrogens is 194 g/mol. The van der Waals surface area contributed by atoms with Gasteiger partial charge in [-0.3, -0.25) is 9.11 Å². The molecular formula is H3ClKNaO4S. The molecule has 0 saturated carbocycles. The van der Waals surface area contributed by atoms with Gasteiger partial charge in [0.05, 0.1) is 0 Å². The van der Waals surface area contributed by atoms with E-state index in [1.807, 2.05) is 0 Å². The summed E-state index contributed by atoms with van der Waals surface area (Å²) >= 11 is 0. The zero-order chi connectivity index (χ0) is 4.50. The summed E-state index contributed by atoms with van der Waals surface area (Å²) < 4.78 is 31.6. The molecule has 8 heteroatoms. The quantitative estimate of drug-likeness (QED) is 0.298. The molecule has 2 N–H and O–H groups in total. The monoisotopic (exact) mass is 196 g/mol. The van der Waals surface area contributed by atoms with Crippen LogP contribution in [-0.4, -0.2) is 17.5 Å². The summed E-state index contributed by atoms with van der Waals surface area (Å²) in [6.07, 6.45) is 0. The van der Waals surface area contributed by atoms with Crippen LogP contribution in [0.5, 0.6) is 0 Å². The van der Waals surface area contributed by atoms with Crippen LogP contribution in [0.15, 0.2) is 0 Å². The van der Waals surface area contributed by atoms with Crippen LogP contribution in [0.2, 0.25) is 0 Å². The fourth-order valence-electron chi connectivity index (χ4n) is 0. The Hall–Kier alpha value is 2.80. The largest absolute Gasteiger partial charge is 1.00 e. The van der Waals surface area contributed by atoms with Gasteiger partial charge in [-0.05, 0) is 0 Å². The third-order valence-corrected chi connectivity index (χ3v) is 0. The molecule has 42 valence electrons. The molecule has 0 rings (SSSR count). The van der Waals surface area contributed by atoms with Crippen molar-refractivity contribution in [2.45, 2.75) is 0 Å². The van der Waals surface area contributed by atoms with Crippen molar-refractivity contribution in [1.29, 1.82) is 0 Å². The van der Waals surface area contributed by atoms with Crippen LogP contribution >= 0.6 is 0 Å². The molecule has 0 aliphatic heterocycles. The van der Waals surface area contributed by atoms with Crippen molar-refractivity contribution in [1.82, 2.24) is 0 Å². The number of hydrogen-bond acceptors (Lipinski definition) is 2. The van der Waals surface area contributed by atoms with E-state index in [1.54, 1.807) is 0 Å². The van der Waals surface area contributed by atoms with Crippen LogP contribution in [0.25, 0.3) is 0 Å². The first-order valence-corrected chi connectivity index (χ1v) is 2.10. The van der Waals surface area contributed by atoms with Gasteiger partial charge in [-0.1, -0.05) is 0 Å². The van der Waals surface area contributed by atoms with Gasteiger partial charge in [0.2, 0.25) is 0 Å². The Morgan fingerprint density at radius 2 is 1.25 bits per heavy atom. The zero-order valence-electron chi connectivity index (χ0n) is 5.50. The minimum atomic E-state index is -4.67. The summed E-state index contributed by atoms with van der Waals surface area (Å²) in [5.74, 6) is 0. The summed E-state index contributed by atoms with van der Waals surface area (Å²) in [5.41, 5.74) is 0. The molecule has 0 amide bonds. The predicted octanol–water partition coefficient (Wildman–Crippen LogP) is -9.53. The van der Waals surface area contributed by atoms with E-state index in [4.69, 9.17) is 17.5 Å². The van der Waals surface area contributed by atoms with E-state index in [9.17, 15) is 0 Å². The molecule has 0 unspecified atom stereocenters. The van der Waals surface area contributed by atoms with E-state index < -0.39 is 10.4 Å². The summed E-state index contributed by atoms with van der Waals surface area (Å²) in [4.78, 5) is 0. The fourth-order valence-corrected chi connectivity index (χ4v) is 0. The van der Waals surface area contributed by atoms with Crippen molar-refractivity contribution >= 4 is 10.4 Å². The average Bonchev–Trinajstić information content (AvgIpc) is 0.722. The Labute approximate surface area is 120 Å². The molecule has 0 aromatic carbocycles. The SMILES string of the molecule is O=S(=O)(O)O.[Cl-].[H-].[K+].[Na+]. The van der Waals surface area contributed by atoms with Crippen LogP contribution in [0.1, 0.15) is 1.43 Å². The molecule has 0 bridgehead atoms. The van der Waals surface area contributed by atoms with Gasteiger partial charge in [0, 0.05) is 0 Å². The number of hydrogen-bond donors (Lipinski definition) is 2. The van der Waals surface area contributed by atoms with Crippen molar-refractivity contribution in [3.8, 4) is 0 Å². The Balaban J connectivity index is -0.0000000133. The van der Waals surface area contributed by atoms with Crippen LogP contribution in [0.3, 0.4) is 0 Å². The van der Waals surface area contributed by atoms with Crippen molar-refractivity contribution < 1.29 is 112 Å². The molecule has 8 heavy (non-hydrogen) atoms. The van der Waals surface area contributed by atoms with Crippen molar-refractivity contribution in [3.63, 3.8) is 0 Å². The van der Waals surface area contributed by atoms with Gasteiger partial charge in [0.15, 0.2) is 0 Å². The second-order valence-electron chi connectivity index (χ2n) is 0.448. The molecule has 0 spiro atoms. The Morgan fingerprint density at radius 1 is 1.25 bits per heavy atom. The minimum absolute atomic E-state index is 0. The maximum atomic E-state index is 8.74. The minimum Gasteiger partial charge on any atom is -1.00 e. The molecule has 0 radical (unpaired) electrons. The van der Waals surface area contributed by atoms with Crippen molar-refractivity contribution in [3.05, 3.63) is 0 Å². The number of halogens is 1. The molecule has 0 aliphatic carbocycles. The third kappa shape index (κ3) is 68.4. The molecule has 4 nitrogen and oxygen atoms in total. The molecule has 0 atom stereocenters. The zero-order valence-corrected chi connectivity index (χ0v) is 11.2. The Morgan fingerprint density at radius 3 is 1.25 bits per heavy atom. The van der Waals surface area contributed by atoms with Gasteiger partial charge >= 0.3 is 91.3 Å². The van der Waals surface area contributed by atoms with E-state index in [0.29, 0.717) is 0 Å². The van der Waals surface area contributed by atoms with E-state index in [-0.39, 0.29) is 94.8 Å². The molecule has 0 aromatic heterocycles. The van der Waals surface area contributed by atoms with Crippen molar-refractivity contribution in [2.75, 3.05) is 0 Å². The van der Waals surface area contributed by atoms with Crippen LogP contribution < -0.4 is 93.3 Å². The summed E-state index contributed by atoms with van der Waals surface area (Å²) in [6.45, 7) is 0. The first-order chi connectivity index (χ1) is 2.00. The van der Waals surface area contributed by atoms with E-state index in [2.05, 4.69) is 0 Å². The smallest absolute Gasteiger partial charge is 1.00 e. The second-order valence-corrected chi connectivity index (χ2v) is 1.34. The fraction of sp³-hybridized carbons (Fsp3) is 0. The predicted molar refractivity (Wildman–Crippen MR) is 15.3 cm³/mol. The molecule has 0 fully saturated rings. The first kappa shape index (κ1) is 22.4. The Bertz CT molecular complexity index is 104. The van der Waals surface area contributed by atoms with Crippen LogP contribution in [-0.2, 0) is 10.4 Å². The van der Waals surface area contributed by atoms with E-state index in [0.717, 1.165) is 0 Å². The second kappa shape index (κ2) is 9.80. The van der Waals surface area contributed by atoms with Gasteiger partial charge in [-0.2, -0.15) is 8.42 Å². The third-order valence-electron chi connectivity index (χ3n) is 0. The Kier molecular flexibility index (Phi) is 27.5. The topological polar surface area (TPSA) is 74.6 Å². The van der Waals surface area contributed by atoms with Gasteiger partial charge < -0.3 is 13.8 Å². The van der Waals surface area contributed by atoms with Crippen LogP contribution in [0, 0.1) is 0 Å². The summed E-state index contributed by atoms with van der Waals surface area (Å²) in [5, 5.41) is 0.